The first kappa shape index (κ1) is 9.92. The number of aliphatic hydroxyl groups is 1. The summed E-state index contributed by atoms with van der Waals surface area (Å²) in [7, 11) is 0. The van der Waals surface area contributed by atoms with Gasteiger partial charge in [0.15, 0.2) is 11.5 Å². The summed E-state index contributed by atoms with van der Waals surface area (Å²) < 4.78 is 5.54. The second-order valence-corrected chi connectivity index (χ2v) is 4.83. The molecule has 1 aliphatic heterocycles. The smallest absolute Gasteiger partial charge is 0.178 e. The number of hydrogen-bond acceptors (Lipinski definition) is 2. The van der Waals surface area contributed by atoms with Crippen LogP contribution >= 0.6 is 0 Å². The molecule has 2 nitrogen and oxygen atoms in total. The van der Waals surface area contributed by atoms with E-state index in [2.05, 4.69) is 31.2 Å². The molecule has 0 saturated carbocycles. The van der Waals surface area contributed by atoms with Crippen LogP contribution in [0.4, 0.5) is 0 Å². The highest BCUT2D eigenvalue weighted by Crippen LogP contribution is 2.53. The fraction of sp³-hybridized carbons (Fsp3) is 0.125. The van der Waals surface area contributed by atoms with Crippen LogP contribution < -0.4 is 4.74 Å². The van der Waals surface area contributed by atoms with Gasteiger partial charge in [0.1, 0.15) is 0 Å². The van der Waals surface area contributed by atoms with Crippen LogP contribution in [0.1, 0.15) is 11.1 Å². The molecule has 0 fully saturated rings. The Hall–Kier alpha value is -2.06. The van der Waals surface area contributed by atoms with Gasteiger partial charge in [0.2, 0.25) is 0 Å². The van der Waals surface area contributed by atoms with E-state index < -0.39 is 0 Å². The largest absolute Gasteiger partial charge is 0.449 e. The van der Waals surface area contributed by atoms with Crippen LogP contribution in [0, 0.1) is 6.92 Å². The van der Waals surface area contributed by atoms with Crippen LogP contribution in [0.5, 0.6) is 11.5 Å². The first-order valence-electron chi connectivity index (χ1n) is 6.05. The van der Waals surface area contributed by atoms with Gasteiger partial charge in [-0.2, -0.15) is 0 Å². The molecule has 0 radical (unpaired) electrons. The number of hydrogen-bond donors (Lipinski definition) is 1. The molecule has 0 aliphatic carbocycles. The molecule has 3 aromatic rings. The Bertz CT molecular complexity index is 803. The monoisotopic (exact) mass is 236 g/mol. The molecule has 3 aromatic carbocycles. The van der Waals surface area contributed by atoms with Gasteiger partial charge < -0.3 is 9.84 Å². The number of ether oxygens (including phenoxy) is 1. The quantitative estimate of drug-likeness (QED) is 0.401. The van der Waals surface area contributed by atoms with Crippen molar-refractivity contribution in [1.82, 2.24) is 0 Å². The lowest BCUT2D eigenvalue weighted by Crippen LogP contribution is -1.83. The molecule has 0 bridgehead atoms. The highest BCUT2D eigenvalue weighted by atomic mass is 16.6. The summed E-state index contributed by atoms with van der Waals surface area (Å²) in [4.78, 5) is 0. The van der Waals surface area contributed by atoms with Crippen molar-refractivity contribution in [2.24, 2.45) is 0 Å². The van der Waals surface area contributed by atoms with Gasteiger partial charge in [-0.05, 0) is 52.4 Å². The van der Waals surface area contributed by atoms with Crippen molar-refractivity contribution in [1.29, 1.82) is 0 Å². The van der Waals surface area contributed by atoms with Gasteiger partial charge >= 0.3 is 0 Å². The number of aliphatic hydroxyl groups excluding tert-OH is 1. The fourth-order valence-electron chi connectivity index (χ4n) is 2.65. The number of fused-ring (bicyclic) bond motifs is 5. The topological polar surface area (TPSA) is 32.8 Å². The third-order valence-electron chi connectivity index (χ3n) is 3.64. The van der Waals surface area contributed by atoms with Crippen molar-refractivity contribution in [3.8, 4) is 11.5 Å². The highest BCUT2D eigenvalue weighted by Gasteiger charge is 2.26. The molecule has 0 saturated heterocycles. The molecule has 0 aromatic heterocycles. The molecule has 4 rings (SSSR count). The predicted octanol–water partition coefficient (Wildman–Crippen LogP) is 3.90. The molecule has 1 N–H and O–H groups in total. The minimum Gasteiger partial charge on any atom is -0.449 e. The highest BCUT2D eigenvalue weighted by molar-refractivity contribution is 6.12. The van der Waals surface area contributed by atoms with E-state index in [1.165, 1.54) is 21.7 Å². The number of aryl methyl sites for hydroxylation is 1. The summed E-state index contributed by atoms with van der Waals surface area (Å²) >= 11 is 0. The minimum absolute atomic E-state index is 0.0836. The fourth-order valence-corrected chi connectivity index (χ4v) is 2.65. The second kappa shape index (κ2) is 3.24. The summed E-state index contributed by atoms with van der Waals surface area (Å²) in [6.45, 7) is 2.16. The molecule has 0 amide bonds. The lowest BCUT2D eigenvalue weighted by atomic mass is 9.99. The Morgan fingerprint density at radius 1 is 0.944 bits per heavy atom. The standard InChI is InChI=1S/C16H12O2/c1-9-6-14-12-4-2-10(8-17)7-11(12)3-5-13(14)16-15(9)18-16/h2-7,17H,8H2,1H3. The Kier molecular flexibility index (Phi) is 1.78. The van der Waals surface area contributed by atoms with E-state index in [0.717, 1.165) is 22.4 Å². The van der Waals surface area contributed by atoms with Gasteiger partial charge in [0.05, 0.1) is 6.61 Å². The average molecular weight is 236 g/mol. The van der Waals surface area contributed by atoms with E-state index in [9.17, 15) is 5.11 Å². The second-order valence-electron chi connectivity index (χ2n) is 4.83. The molecule has 0 spiro atoms. The zero-order valence-corrected chi connectivity index (χ0v) is 10.0. The molecule has 88 valence electrons. The van der Waals surface area contributed by atoms with Crippen LogP contribution in [0.15, 0.2) is 36.4 Å². The Balaban J connectivity index is 2.15. The number of benzene rings is 3. The van der Waals surface area contributed by atoms with E-state index in [-0.39, 0.29) is 6.61 Å². The van der Waals surface area contributed by atoms with Gasteiger partial charge in [0.25, 0.3) is 0 Å². The molecule has 1 heterocycles. The van der Waals surface area contributed by atoms with E-state index in [4.69, 9.17) is 4.74 Å². The number of rotatable bonds is 1. The van der Waals surface area contributed by atoms with Gasteiger partial charge in [-0.1, -0.05) is 18.2 Å². The van der Waals surface area contributed by atoms with Gasteiger partial charge in [-0.25, -0.2) is 0 Å². The lowest BCUT2D eigenvalue weighted by molar-refractivity contribution is 0.282. The molecule has 18 heavy (non-hydrogen) atoms. The molecule has 2 heteroatoms. The predicted molar refractivity (Wildman–Crippen MR) is 72.2 cm³/mol. The first-order valence-corrected chi connectivity index (χ1v) is 6.05. The van der Waals surface area contributed by atoms with Crippen molar-refractivity contribution in [2.45, 2.75) is 13.5 Å². The third kappa shape index (κ3) is 1.21. The van der Waals surface area contributed by atoms with Crippen LogP contribution in [0.2, 0.25) is 0 Å². The van der Waals surface area contributed by atoms with Crippen LogP contribution in [-0.2, 0) is 6.61 Å². The maximum Gasteiger partial charge on any atom is 0.178 e. The zero-order valence-electron chi connectivity index (χ0n) is 10.0. The minimum atomic E-state index is 0.0836. The summed E-state index contributed by atoms with van der Waals surface area (Å²) in [5, 5.41) is 14.0. The van der Waals surface area contributed by atoms with Crippen molar-refractivity contribution in [3.63, 3.8) is 0 Å². The van der Waals surface area contributed by atoms with Crippen molar-refractivity contribution in [2.75, 3.05) is 0 Å². The average Bonchev–Trinajstić information content (AvgIpc) is 3.19. The SMILES string of the molecule is Cc1cc2c(ccc3cc(CO)ccc32)c2c1O2. The maximum absolute atomic E-state index is 9.19. The van der Waals surface area contributed by atoms with Crippen molar-refractivity contribution in [3.05, 3.63) is 47.5 Å². The normalized spacial score (nSPS) is 12.6. The Labute approximate surface area is 104 Å². The van der Waals surface area contributed by atoms with E-state index in [0.29, 0.717) is 0 Å². The molecule has 1 aliphatic rings. The first-order chi connectivity index (χ1) is 8.78. The van der Waals surface area contributed by atoms with E-state index in [1.54, 1.807) is 0 Å². The summed E-state index contributed by atoms with van der Waals surface area (Å²) in [5.74, 6) is 2.06. The zero-order chi connectivity index (χ0) is 12.3. The Morgan fingerprint density at radius 3 is 2.61 bits per heavy atom. The maximum atomic E-state index is 9.19. The van der Waals surface area contributed by atoms with Crippen LogP contribution in [0.25, 0.3) is 21.5 Å². The summed E-state index contributed by atoms with van der Waals surface area (Å²) in [5.41, 5.74) is 2.14. The lowest BCUT2D eigenvalue weighted by Gasteiger charge is -2.04. The van der Waals surface area contributed by atoms with E-state index >= 15 is 0 Å². The van der Waals surface area contributed by atoms with Crippen molar-refractivity contribution >= 4 is 21.5 Å². The van der Waals surface area contributed by atoms with Crippen molar-refractivity contribution < 1.29 is 9.84 Å². The summed E-state index contributed by atoms with van der Waals surface area (Å²) in [6, 6.07) is 12.5. The molecular formula is C16H12O2. The van der Waals surface area contributed by atoms with Crippen LogP contribution in [-0.4, -0.2) is 5.11 Å². The summed E-state index contributed by atoms with van der Waals surface area (Å²) in [6.07, 6.45) is 0. The molecule has 0 unspecified atom stereocenters. The van der Waals surface area contributed by atoms with Gasteiger partial charge in [-0.15, -0.1) is 0 Å². The molecule has 0 atom stereocenters. The van der Waals surface area contributed by atoms with E-state index in [1.807, 2.05) is 12.1 Å². The van der Waals surface area contributed by atoms with Crippen LogP contribution in [0.3, 0.4) is 0 Å². The Morgan fingerprint density at radius 2 is 1.78 bits per heavy atom. The molecular weight excluding hydrogens is 224 g/mol. The van der Waals surface area contributed by atoms with Gasteiger partial charge in [0, 0.05) is 5.39 Å². The third-order valence-corrected chi connectivity index (χ3v) is 3.64. The van der Waals surface area contributed by atoms with Gasteiger partial charge in [-0.3, -0.25) is 0 Å².